The summed E-state index contributed by atoms with van der Waals surface area (Å²) >= 11 is 15.4. The monoisotopic (exact) mass is 580 g/mol. The number of nitriles is 2. The first-order chi connectivity index (χ1) is 16.6. The molecule has 35 heavy (non-hydrogen) atoms. The van der Waals surface area contributed by atoms with Crippen LogP contribution >= 0.6 is 39.1 Å². The van der Waals surface area contributed by atoms with Crippen LogP contribution in [0.15, 0.2) is 50.4 Å². The zero-order valence-corrected chi connectivity index (χ0v) is 22.3. The molecule has 2 fully saturated rings. The number of ketones is 1. The van der Waals surface area contributed by atoms with Gasteiger partial charge >= 0.3 is 0 Å². The average molecular weight is 582 g/mol. The average Bonchev–Trinajstić information content (AvgIpc) is 3.67. The van der Waals surface area contributed by atoms with Gasteiger partial charge in [0.15, 0.2) is 5.78 Å². The van der Waals surface area contributed by atoms with Gasteiger partial charge in [-0.2, -0.15) is 10.5 Å². The Morgan fingerprint density at radius 2 is 1.63 bits per heavy atom. The number of alkyl halides is 3. The van der Waals surface area contributed by atoms with Crippen molar-refractivity contribution in [1.29, 1.82) is 10.5 Å². The maximum Gasteiger partial charge on any atom is 0.173 e. The Morgan fingerprint density at radius 1 is 1.11 bits per heavy atom. The van der Waals surface area contributed by atoms with Crippen molar-refractivity contribution in [1.82, 2.24) is 19.1 Å². The highest BCUT2D eigenvalue weighted by Gasteiger charge is 2.57. The number of hydrogen-bond donors (Lipinski definition) is 1. The molecule has 1 unspecified atom stereocenters. The number of rotatable bonds is 9. The van der Waals surface area contributed by atoms with Crippen molar-refractivity contribution < 1.29 is 9.90 Å². The fourth-order valence-electron chi connectivity index (χ4n) is 3.25. The molecule has 2 heterocycles. The molecule has 11 heteroatoms. The summed E-state index contributed by atoms with van der Waals surface area (Å²) in [5.41, 5.74) is -0.254. The summed E-state index contributed by atoms with van der Waals surface area (Å²) in [5.74, 6) is -0.0336. The first-order valence-corrected chi connectivity index (χ1v) is 12.7. The van der Waals surface area contributed by atoms with Gasteiger partial charge in [0.25, 0.3) is 0 Å². The van der Waals surface area contributed by atoms with Gasteiger partial charge in [-0.25, -0.2) is 9.97 Å². The zero-order valence-electron chi connectivity index (χ0n) is 19.2. The van der Waals surface area contributed by atoms with Crippen LogP contribution in [-0.4, -0.2) is 50.7 Å². The van der Waals surface area contributed by atoms with Crippen molar-refractivity contribution in [3.63, 3.8) is 0 Å². The van der Waals surface area contributed by atoms with Gasteiger partial charge in [0.1, 0.15) is 34.0 Å². The summed E-state index contributed by atoms with van der Waals surface area (Å²) in [7, 11) is 0. The predicted molar refractivity (Wildman–Crippen MR) is 138 cm³/mol. The van der Waals surface area contributed by atoms with Crippen LogP contribution in [0.2, 0.25) is 0 Å². The van der Waals surface area contributed by atoms with Crippen LogP contribution in [0.25, 0.3) is 0 Å². The minimum absolute atomic E-state index is 0.0336. The van der Waals surface area contributed by atoms with Crippen LogP contribution in [0.5, 0.6) is 0 Å². The minimum Gasteiger partial charge on any atom is -0.386 e. The van der Waals surface area contributed by atoms with Crippen LogP contribution in [0.4, 0.5) is 0 Å². The van der Waals surface area contributed by atoms with E-state index in [-0.39, 0.29) is 18.9 Å². The van der Waals surface area contributed by atoms with Crippen molar-refractivity contribution in [2.24, 2.45) is 0 Å². The lowest BCUT2D eigenvalue weighted by Crippen LogP contribution is -2.44. The van der Waals surface area contributed by atoms with Crippen LogP contribution in [0.3, 0.4) is 0 Å². The van der Waals surface area contributed by atoms with E-state index >= 15 is 0 Å². The normalized spacial score (nSPS) is 17.5. The van der Waals surface area contributed by atoms with Crippen LogP contribution in [-0.2, 0) is 17.9 Å². The smallest absolute Gasteiger partial charge is 0.173 e. The Labute approximate surface area is 223 Å². The highest BCUT2D eigenvalue weighted by molar-refractivity contribution is 9.09. The fraction of sp³-hybridized carbons (Fsp3) is 0.458. The number of imidazole rings is 2. The Bertz CT molecular complexity index is 1120. The maximum absolute atomic E-state index is 11.6. The van der Waals surface area contributed by atoms with E-state index in [1.165, 1.54) is 29.6 Å². The molecule has 2 saturated carbocycles. The number of Topliss-reactive ketones (excluding diaryl/α,β-unsaturated/α-hetero) is 1. The molecule has 186 valence electrons. The van der Waals surface area contributed by atoms with Gasteiger partial charge in [-0.05, 0) is 32.1 Å². The van der Waals surface area contributed by atoms with Crippen LogP contribution in [0, 0.1) is 22.7 Å². The number of aliphatic hydroxyl groups is 1. The molecule has 2 aliphatic rings. The number of carbonyl (C=O) groups is 1. The van der Waals surface area contributed by atoms with Crippen LogP contribution < -0.4 is 0 Å². The topological polar surface area (TPSA) is 121 Å². The van der Waals surface area contributed by atoms with E-state index in [1.54, 1.807) is 16.7 Å². The highest BCUT2D eigenvalue weighted by Crippen LogP contribution is 2.53. The molecule has 0 bridgehead atoms. The van der Waals surface area contributed by atoms with E-state index in [2.05, 4.69) is 39.1 Å². The van der Waals surface area contributed by atoms with E-state index in [9.17, 15) is 9.90 Å². The van der Waals surface area contributed by atoms with Gasteiger partial charge in [-0.1, -0.05) is 28.1 Å². The van der Waals surface area contributed by atoms with Crippen molar-refractivity contribution in [3.8, 4) is 12.1 Å². The minimum atomic E-state index is -1.07. The quantitative estimate of drug-likeness (QED) is 0.344. The summed E-state index contributed by atoms with van der Waals surface area (Å²) in [4.78, 5) is 18.0. The van der Waals surface area contributed by atoms with E-state index < -0.39 is 15.3 Å². The molecule has 2 aliphatic carbocycles. The summed E-state index contributed by atoms with van der Waals surface area (Å²) < 4.78 is 3.15. The van der Waals surface area contributed by atoms with Gasteiger partial charge in [0.2, 0.25) is 0 Å². The van der Waals surface area contributed by atoms with Crippen molar-refractivity contribution >= 4 is 44.9 Å². The van der Waals surface area contributed by atoms with Gasteiger partial charge in [0, 0.05) is 5.33 Å². The second-order valence-electron chi connectivity index (χ2n) is 8.36. The predicted octanol–water partition coefficient (Wildman–Crippen LogP) is 4.50. The first-order valence-electron chi connectivity index (χ1n) is 10.8. The number of nitrogens with zero attached hydrogens (tertiary/aromatic N) is 6. The molecule has 0 amide bonds. The largest absolute Gasteiger partial charge is 0.386 e. The Morgan fingerprint density at radius 3 is 2.06 bits per heavy atom. The van der Waals surface area contributed by atoms with E-state index in [0.717, 1.165) is 31.0 Å². The molecule has 4 rings (SSSR count). The summed E-state index contributed by atoms with van der Waals surface area (Å²) in [5, 5.41) is 29.1. The molecule has 1 N–H and O–H groups in total. The van der Waals surface area contributed by atoms with Gasteiger partial charge in [-0.15, -0.1) is 36.4 Å². The number of allylic oxidation sites excluding steroid dienone is 1. The molecule has 8 nitrogen and oxygen atoms in total. The number of aromatic nitrogens is 4. The highest BCUT2D eigenvalue weighted by atomic mass is 79.9. The van der Waals surface area contributed by atoms with Crippen molar-refractivity contribution in [3.05, 3.63) is 61.7 Å². The molecule has 1 atom stereocenters. The Kier molecular flexibility index (Phi) is 10.3. The van der Waals surface area contributed by atoms with E-state index in [4.69, 9.17) is 33.7 Å². The van der Waals surface area contributed by atoms with Crippen molar-refractivity contribution in [2.45, 2.75) is 60.5 Å². The molecular formula is C24H27BrCl2N6O2. The molecule has 0 saturated heterocycles. The number of hydrogen-bond acceptors (Lipinski definition) is 6. The molecule has 0 aliphatic heterocycles. The molecule has 0 aromatic carbocycles. The third kappa shape index (κ3) is 7.52. The molecule has 2 aromatic heterocycles. The first kappa shape index (κ1) is 28.8. The summed E-state index contributed by atoms with van der Waals surface area (Å²) in [6.45, 7) is 7.50. The second-order valence-corrected chi connectivity index (χ2v) is 10.5. The zero-order chi connectivity index (χ0) is 26.1. The third-order valence-corrected chi connectivity index (χ3v) is 7.48. The molecule has 0 radical (unpaired) electrons. The fourth-order valence-corrected chi connectivity index (χ4v) is 3.64. The number of halogens is 3. The van der Waals surface area contributed by atoms with Gasteiger partial charge in [0.05, 0.1) is 43.0 Å². The Hall–Kier alpha value is -2.43. The van der Waals surface area contributed by atoms with Crippen LogP contribution in [0.1, 0.15) is 43.5 Å². The standard InChI is InChI=1S/C12H14ClN3O.C9H8ClN3O.C3H5Br/c1-2-3-12(17,11(13)4-5-11)8-16-9-15-7-10(16)6-14;10-9(1-2-9)8(14)5-13-6-12-4-7(13)3-11;1-2-3-4/h2,7,9,17H,1,3-5,8H2;4,6H,1-2,5H2;2H,1,3H2. The molecule has 0 spiro atoms. The third-order valence-electron chi connectivity index (χ3n) is 5.70. The van der Waals surface area contributed by atoms with E-state index in [1.807, 2.05) is 12.1 Å². The summed E-state index contributed by atoms with van der Waals surface area (Å²) in [6.07, 6.45) is 12.8. The second kappa shape index (κ2) is 12.5. The Balaban J connectivity index is 0.000000217. The SMILES string of the molecule is C=CCBr.C=CCC(O)(Cn1cncc1C#N)C1(Cl)CC1.N#Cc1cncn1CC(=O)C1(Cl)CC1. The van der Waals surface area contributed by atoms with Gasteiger partial charge in [-0.3, -0.25) is 4.79 Å². The van der Waals surface area contributed by atoms with E-state index in [0.29, 0.717) is 17.8 Å². The maximum atomic E-state index is 11.6. The molecule has 2 aromatic rings. The lowest BCUT2D eigenvalue weighted by Gasteiger charge is -2.32. The summed E-state index contributed by atoms with van der Waals surface area (Å²) in [6, 6.07) is 3.99. The van der Waals surface area contributed by atoms with Crippen molar-refractivity contribution in [2.75, 3.05) is 5.33 Å². The lowest BCUT2D eigenvalue weighted by atomic mass is 9.92. The molecular weight excluding hydrogens is 555 g/mol. The van der Waals surface area contributed by atoms with Gasteiger partial charge < -0.3 is 14.2 Å². The number of carbonyl (C=O) groups excluding carboxylic acids is 1. The lowest BCUT2D eigenvalue weighted by molar-refractivity contribution is -0.120.